The lowest BCUT2D eigenvalue weighted by Crippen LogP contribution is -2.15. The minimum atomic E-state index is -2.97. The number of aromatic nitrogens is 2. The summed E-state index contributed by atoms with van der Waals surface area (Å²) in [7, 11) is -2.97. The molecule has 0 saturated carbocycles. The van der Waals surface area contributed by atoms with E-state index in [1.54, 1.807) is 17.0 Å². The van der Waals surface area contributed by atoms with Crippen molar-refractivity contribution >= 4 is 15.7 Å². The fourth-order valence-electron chi connectivity index (χ4n) is 2.84. The molecule has 0 aromatic carbocycles. The van der Waals surface area contributed by atoms with Crippen LogP contribution in [-0.4, -0.2) is 29.7 Å². The number of furan rings is 1. The highest BCUT2D eigenvalue weighted by atomic mass is 32.2. The number of nitrogen functional groups attached to an aromatic ring is 1. The quantitative estimate of drug-likeness (QED) is 0.933. The molecule has 0 radical (unpaired) electrons. The molecule has 21 heavy (non-hydrogen) atoms. The van der Waals surface area contributed by atoms with Crippen molar-refractivity contribution in [3.05, 3.63) is 24.0 Å². The first kappa shape index (κ1) is 14.2. The predicted octanol–water partition coefficient (Wildman–Crippen LogP) is 2.04. The van der Waals surface area contributed by atoms with Crippen LogP contribution in [0, 0.1) is 0 Å². The van der Waals surface area contributed by atoms with E-state index in [4.69, 9.17) is 10.2 Å². The van der Waals surface area contributed by atoms with Gasteiger partial charge in [-0.15, -0.1) is 0 Å². The zero-order valence-corrected chi connectivity index (χ0v) is 12.8. The third-order valence-electron chi connectivity index (χ3n) is 3.86. The van der Waals surface area contributed by atoms with Crippen molar-refractivity contribution in [3.8, 4) is 11.5 Å². The lowest BCUT2D eigenvalue weighted by atomic mass is 10.1. The predicted molar refractivity (Wildman–Crippen MR) is 80.6 cm³/mol. The van der Waals surface area contributed by atoms with Crippen LogP contribution in [0.3, 0.4) is 0 Å². The van der Waals surface area contributed by atoms with Crippen LogP contribution < -0.4 is 5.73 Å². The zero-order chi connectivity index (χ0) is 15.0. The molecule has 2 N–H and O–H groups in total. The summed E-state index contributed by atoms with van der Waals surface area (Å²) >= 11 is 0. The highest BCUT2D eigenvalue weighted by molar-refractivity contribution is 7.91. The van der Waals surface area contributed by atoms with E-state index in [1.165, 1.54) is 0 Å². The van der Waals surface area contributed by atoms with E-state index in [1.807, 2.05) is 6.07 Å². The maximum absolute atomic E-state index is 11.7. The average Bonchev–Trinajstić information content (AvgIpc) is 3.12. The molecule has 114 valence electrons. The topological polar surface area (TPSA) is 91.1 Å². The fourth-order valence-corrected chi connectivity index (χ4v) is 4.53. The Labute approximate surface area is 123 Å². The van der Waals surface area contributed by atoms with E-state index in [2.05, 4.69) is 12.0 Å². The van der Waals surface area contributed by atoms with Crippen LogP contribution in [0.25, 0.3) is 11.5 Å². The van der Waals surface area contributed by atoms with Crippen molar-refractivity contribution in [3.63, 3.8) is 0 Å². The molecular weight excluding hydrogens is 290 g/mol. The van der Waals surface area contributed by atoms with Gasteiger partial charge in [-0.1, -0.05) is 13.3 Å². The largest absolute Gasteiger partial charge is 0.463 e. The van der Waals surface area contributed by atoms with Gasteiger partial charge in [-0.3, -0.25) is 0 Å². The molecule has 1 saturated heterocycles. The average molecular weight is 309 g/mol. The van der Waals surface area contributed by atoms with Gasteiger partial charge in [0.2, 0.25) is 0 Å². The van der Waals surface area contributed by atoms with Crippen molar-refractivity contribution < 1.29 is 12.8 Å². The smallest absolute Gasteiger partial charge is 0.154 e. The normalized spacial score (nSPS) is 20.9. The minimum Gasteiger partial charge on any atom is -0.463 e. The summed E-state index contributed by atoms with van der Waals surface area (Å²) < 4.78 is 30.4. The highest BCUT2D eigenvalue weighted by Crippen LogP contribution is 2.33. The molecule has 1 aliphatic rings. The monoisotopic (exact) mass is 309 g/mol. The molecule has 1 atom stereocenters. The molecule has 1 aliphatic heterocycles. The van der Waals surface area contributed by atoms with Gasteiger partial charge in [-0.2, -0.15) is 5.10 Å². The molecule has 0 bridgehead atoms. The van der Waals surface area contributed by atoms with Crippen LogP contribution >= 0.6 is 0 Å². The molecule has 2 aromatic rings. The second kappa shape index (κ2) is 5.22. The van der Waals surface area contributed by atoms with Gasteiger partial charge >= 0.3 is 0 Å². The standard InChI is InChI=1S/C14H19N3O3S/c1-2-4-11-13(12-5-3-7-20-12)16-17(14(11)15)10-6-8-21(18,19)9-10/h3,5,7,10H,2,4,6,8-9,15H2,1H3. The third kappa shape index (κ3) is 2.57. The van der Waals surface area contributed by atoms with Crippen LogP contribution in [0.4, 0.5) is 5.82 Å². The van der Waals surface area contributed by atoms with Gasteiger partial charge < -0.3 is 10.2 Å². The summed E-state index contributed by atoms with van der Waals surface area (Å²) in [4.78, 5) is 0. The van der Waals surface area contributed by atoms with Crippen LogP contribution in [0.1, 0.15) is 31.4 Å². The molecule has 1 unspecified atom stereocenters. The highest BCUT2D eigenvalue weighted by Gasteiger charge is 2.32. The Morgan fingerprint density at radius 3 is 2.90 bits per heavy atom. The molecule has 3 heterocycles. The Kier molecular flexibility index (Phi) is 3.52. The summed E-state index contributed by atoms with van der Waals surface area (Å²) in [6.45, 7) is 2.07. The van der Waals surface area contributed by atoms with Crippen molar-refractivity contribution in [1.82, 2.24) is 9.78 Å². The van der Waals surface area contributed by atoms with Gasteiger partial charge in [0.1, 0.15) is 11.5 Å². The number of anilines is 1. The number of sulfone groups is 1. The Hall–Kier alpha value is -1.76. The lowest BCUT2D eigenvalue weighted by molar-refractivity contribution is 0.504. The number of nitrogens with zero attached hydrogens (tertiary/aromatic N) is 2. The molecule has 6 nitrogen and oxygen atoms in total. The van der Waals surface area contributed by atoms with Gasteiger partial charge in [0.15, 0.2) is 15.6 Å². The molecule has 1 fully saturated rings. The van der Waals surface area contributed by atoms with E-state index in [0.717, 1.165) is 24.1 Å². The second-order valence-corrected chi connectivity index (χ2v) is 7.67. The van der Waals surface area contributed by atoms with E-state index in [9.17, 15) is 8.42 Å². The number of hydrogen-bond donors (Lipinski definition) is 1. The summed E-state index contributed by atoms with van der Waals surface area (Å²) in [5.74, 6) is 1.55. The zero-order valence-electron chi connectivity index (χ0n) is 11.9. The van der Waals surface area contributed by atoms with Crippen LogP contribution in [0.2, 0.25) is 0 Å². The third-order valence-corrected chi connectivity index (χ3v) is 5.61. The molecule has 7 heteroatoms. The summed E-state index contributed by atoms with van der Waals surface area (Å²) in [5, 5.41) is 4.55. The number of rotatable bonds is 4. The van der Waals surface area contributed by atoms with Gasteiger partial charge in [0.05, 0.1) is 23.8 Å². The van der Waals surface area contributed by atoms with E-state index < -0.39 is 9.84 Å². The molecule has 2 aromatic heterocycles. The molecule has 0 spiro atoms. The van der Waals surface area contributed by atoms with Gasteiger partial charge in [0, 0.05) is 5.56 Å². The number of hydrogen-bond acceptors (Lipinski definition) is 5. The van der Waals surface area contributed by atoms with Crippen molar-refractivity contribution in [1.29, 1.82) is 0 Å². The second-order valence-electron chi connectivity index (χ2n) is 5.44. The van der Waals surface area contributed by atoms with Crippen LogP contribution in [0.15, 0.2) is 22.8 Å². The van der Waals surface area contributed by atoms with Crippen LogP contribution in [0.5, 0.6) is 0 Å². The first-order valence-corrected chi connectivity index (χ1v) is 8.95. The Balaban J connectivity index is 2.04. The first-order valence-electron chi connectivity index (χ1n) is 7.13. The molecular formula is C14H19N3O3S. The summed E-state index contributed by atoms with van der Waals surface area (Å²) in [6, 6.07) is 3.48. The van der Waals surface area contributed by atoms with Gasteiger partial charge in [0.25, 0.3) is 0 Å². The molecule has 0 amide bonds. The van der Waals surface area contributed by atoms with Crippen LogP contribution in [-0.2, 0) is 16.3 Å². The van der Waals surface area contributed by atoms with Crippen molar-refractivity contribution in [2.45, 2.75) is 32.2 Å². The summed E-state index contributed by atoms with van der Waals surface area (Å²) in [5.41, 5.74) is 7.90. The lowest BCUT2D eigenvalue weighted by Gasteiger charge is -2.10. The molecule has 0 aliphatic carbocycles. The Morgan fingerprint density at radius 2 is 2.33 bits per heavy atom. The van der Waals surface area contributed by atoms with E-state index in [-0.39, 0.29) is 17.5 Å². The fraction of sp³-hybridized carbons (Fsp3) is 0.500. The first-order chi connectivity index (χ1) is 10.0. The van der Waals surface area contributed by atoms with Crippen molar-refractivity contribution in [2.24, 2.45) is 0 Å². The number of nitrogens with two attached hydrogens (primary N) is 1. The van der Waals surface area contributed by atoms with Gasteiger partial charge in [-0.05, 0) is 25.0 Å². The SMILES string of the molecule is CCCc1c(-c2ccco2)nn(C2CCS(=O)(=O)C2)c1N. The maximum atomic E-state index is 11.7. The Bertz CT molecular complexity index is 732. The maximum Gasteiger partial charge on any atom is 0.154 e. The molecule has 3 rings (SSSR count). The minimum absolute atomic E-state index is 0.113. The van der Waals surface area contributed by atoms with Gasteiger partial charge in [-0.25, -0.2) is 13.1 Å². The van der Waals surface area contributed by atoms with E-state index >= 15 is 0 Å². The Morgan fingerprint density at radius 1 is 1.52 bits per heavy atom. The summed E-state index contributed by atoms with van der Waals surface area (Å²) in [6.07, 6.45) is 3.89. The van der Waals surface area contributed by atoms with E-state index in [0.29, 0.717) is 18.0 Å². The van der Waals surface area contributed by atoms with Crippen molar-refractivity contribution in [2.75, 3.05) is 17.2 Å².